The molecule has 0 aliphatic carbocycles. The molecule has 0 saturated heterocycles. The first-order valence-corrected chi connectivity index (χ1v) is 7.13. The molecule has 100 valence electrons. The molecule has 2 rings (SSSR count). The van der Waals surface area contributed by atoms with E-state index >= 15 is 0 Å². The Morgan fingerprint density at radius 3 is 1.26 bits per heavy atom. The van der Waals surface area contributed by atoms with Crippen LogP contribution in [0.15, 0.2) is 24.3 Å². The fourth-order valence-electron chi connectivity index (χ4n) is 1.29. The monoisotopic (exact) mass is 374 g/mol. The fraction of sp³-hybridized carbons (Fsp3) is 0. The number of benzene rings is 2. The third-order valence-electron chi connectivity index (χ3n) is 2.22. The van der Waals surface area contributed by atoms with Crippen LogP contribution in [0.25, 0.3) is 0 Å². The van der Waals surface area contributed by atoms with Gasteiger partial charge in [0, 0.05) is 0 Å². The summed E-state index contributed by atoms with van der Waals surface area (Å²) in [6.45, 7) is 0. The summed E-state index contributed by atoms with van der Waals surface area (Å²) in [6.07, 6.45) is 0. The summed E-state index contributed by atoms with van der Waals surface area (Å²) in [7, 11) is 0. The van der Waals surface area contributed by atoms with Gasteiger partial charge in [0.25, 0.3) is 0 Å². The van der Waals surface area contributed by atoms with Crippen molar-refractivity contribution in [2.75, 3.05) is 0 Å². The molecule has 0 fully saturated rings. The first kappa shape index (κ1) is 15.4. The van der Waals surface area contributed by atoms with Gasteiger partial charge in [0.2, 0.25) is 0 Å². The molecule has 0 atom stereocenters. The van der Waals surface area contributed by atoms with E-state index in [9.17, 15) is 0 Å². The highest BCUT2D eigenvalue weighted by Gasteiger charge is 2.14. The lowest BCUT2D eigenvalue weighted by Crippen LogP contribution is -1.88. The molecular formula is C12H4Cl6O. The van der Waals surface area contributed by atoms with Crippen LogP contribution in [0.5, 0.6) is 11.5 Å². The van der Waals surface area contributed by atoms with Crippen LogP contribution in [-0.4, -0.2) is 0 Å². The topological polar surface area (TPSA) is 9.23 Å². The van der Waals surface area contributed by atoms with Crippen molar-refractivity contribution >= 4 is 69.6 Å². The lowest BCUT2D eigenvalue weighted by atomic mass is 10.3. The first-order valence-electron chi connectivity index (χ1n) is 4.86. The second-order valence-electron chi connectivity index (χ2n) is 3.45. The van der Waals surface area contributed by atoms with Crippen LogP contribution in [0.3, 0.4) is 0 Å². The summed E-state index contributed by atoms with van der Waals surface area (Å²) in [5.74, 6) is 0.632. The second-order valence-corrected chi connectivity index (χ2v) is 5.78. The maximum absolute atomic E-state index is 6.03. The van der Waals surface area contributed by atoms with Crippen molar-refractivity contribution in [3.63, 3.8) is 0 Å². The van der Waals surface area contributed by atoms with E-state index < -0.39 is 0 Å². The molecule has 0 radical (unpaired) electrons. The molecular weight excluding hydrogens is 373 g/mol. The molecule has 0 bridgehead atoms. The minimum Gasteiger partial charge on any atom is -0.454 e. The molecule has 7 heteroatoms. The maximum Gasteiger partial charge on any atom is 0.147 e. The predicted octanol–water partition coefficient (Wildman–Crippen LogP) is 7.40. The molecule has 19 heavy (non-hydrogen) atoms. The van der Waals surface area contributed by atoms with E-state index in [-0.39, 0.29) is 20.1 Å². The standard InChI is InChI=1S/C12H4Cl6O/c13-5-1-3-7(11(17)9(5)15)19-8-4-2-6(14)10(16)12(8)18/h1-4H. The quantitative estimate of drug-likeness (QED) is 0.496. The van der Waals surface area contributed by atoms with Crippen molar-refractivity contribution in [1.29, 1.82) is 0 Å². The Bertz CT molecular complexity index is 585. The third-order valence-corrected chi connectivity index (χ3v) is 4.77. The zero-order chi connectivity index (χ0) is 14.2. The SMILES string of the molecule is Clc1ccc(Oc2ccc(Cl)c(Cl)c2Cl)c(Cl)c1Cl. The average molecular weight is 377 g/mol. The minimum atomic E-state index is 0.191. The summed E-state index contributed by atoms with van der Waals surface area (Å²) in [6, 6.07) is 6.29. The fourth-order valence-corrected chi connectivity index (χ4v) is 2.42. The van der Waals surface area contributed by atoms with E-state index in [1.165, 1.54) is 0 Å². The zero-order valence-electron chi connectivity index (χ0n) is 8.99. The number of hydrogen-bond acceptors (Lipinski definition) is 1. The molecule has 0 N–H and O–H groups in total. The molecule has 1 nitrogen and oxygen atoms in total. The first-order chi connectivity index (χ1) is 8.91. The summed E-state index contributed by atoms with van der Waals surface area (Å²) < 4.78 is 5.56. The van der Waals surface area contributed by atoms with Crippen LogP contribution >= 0.6 is 69.6 Å². The van der Waals surface area contributed by atoms with Crippen LogP contribution in [-0.2, 0) is 0 Å². The van der Waals surface area contributed by atoms with E-state index in [2.05, 4.69) is 0 Å². The normalized spacial score (nSPS) is 10.6. The van der Waals surface area contributed by atoms with Gasteiger partial charge >= 0.3 is 0 Å². The molecule has 0 aliphatic rings. The lowest BCUT2D eigenvalue weighted by molar-refractivity contribution is 0.483. The van der Waals surface area contributed by atoms with Gasteiger partial charge < -0.3 is 4.74 Å². The Labute approximate surface area is 139 Å². The average Bonchev–Trinajstić information content (AvgIpc) is 2.39. The van der Waals surface area contributed by atoms with Crippen molar-refractivity contribution in [1.82, 2.24) is 0 Å². The molecule has 0 unspecified atom stereocenters. The maximum atomic E-state index is 6.03. The number of hydrogen-bond donors (Lipinski definition) is 0. The van der Waals surface area contributed by atoms with E-state index in [1.54, 1.807) is 24.3 Å². The number of rotatable bonds is 2. The van der Waals surface area contributed by atoms with Crippen molar-refractivity contribution in [2.45, 2.75) is 0 Å². The smallest absolute Gasteiger partial charge is 0.147 e. The lowest BCUT2D eigenvalue weighted by Gasteiger charge is -2.11. The Balaban J connectivity index is 2.43. The molecule has 0 heterocycles. The van der Waals surface area contributed by atoms with Crippen LogP contribution in [0.4, 0.5) is 0 Å². The van der Waals surface area contributed by atoms with Gasteiger partial charge in [-0.2, -0.15) is 0 Å². The predicted molar refractivity (Wildman–Crippen MR) is 83.0 cm³/mol. The summed E-state index contributed by atoms with van der Waals surface area (Å²) in [4.78, 5) is 0. The van der Waals surface area contributed by atoms with Gasteiger partial charge in [-0.15, -0.1) is 0 Å². The summed E-state index contributed by atoms with van der Waals surface area (Å²) >= 11 is 35.6. The highest BCUT2D eigenvalue weighted by Crippen LogP contribution is 2.43. The number of halogens is 6. The Morgan fingerprint density at radius 1 is 0.526 bits per heavy atom. The largest absolute Gasteiger partial charge is 0.454 e. The van der Waals surface area contributed by atoms with E-state index in [1.807, 2.05) is 0 Å². The van der Waals surface area contributed by atoms with E-state index in [4.69, 9.17) is 74.3 Å². The molecule has 0 amide bonds. The van der Waals surface area contributed by atoms with Gasteiger partial charge in [0.05, 0.1) is 20.1 Å². The third kappa shape index (κ3) is 3.18. The molecule has 0 aromatic heterocycles. The second kappa shape index (κ2) is 6.17. The van der Waals surface area contributed by atoms with E-state index in [0.717, 1.165) is 0 Å². The molecule has 0 saturated carbocycles. The Kier molecular flexibility index (Phi) is 4.99. The highest BCUT2D eigenvalue weighted by atomic mass is 35.5. The molecule has 0 spiro atoms. The number of ether oxygens (including phenoxy) is 1. The van der Waals surface area contributed by atoms with E-state index in [0.29, 0.717) is 21.5 Å². The van der Waals surface area contributed by atoms with Gasteiger partial charge in [-0.3, -0.25) is 0 Å². The Hall–Kier alpha value is -0.0200. The van der Waals surface area contributed by atoms with Crippen molar-refractivity contribution in [3.05, 3.63) is 54.4 Å². The van der Waals surface area contributed by atoms with Gasteiger partial charge in [-0.25, -0.2) is 0 Å². The molecule has 2 aromatic rings. The van der Waals surface area contributed by atoms with Crippen molar-refractivity contribution < 1.29 is 4.74 Å². The molecule has 2 aromatic carbocycles. The van der Waals surface area contributed by atoms with Crippen LogP contribution in [0.1, 0.15) is 0 Å². The van der Waals surface area contributed by atoms with Gasteiger partial charge in [0.15, 0.2) is 0 Å². The van der Waals surface area contributed by atoms with Crippen LogP contribution in [0.2, 0.25) is 30.1 Å². The van der Waals surface area contributed by atoms with Gasteiger partial charge in [-0.1, -0.05) is 69.6 Å². The summed E-state index contributed by atoms with van der Waals surface area (Å²) in [5, 5.41) is 1.46. The minimum absolute atomic E-state index is 0.191. The zero-order valence-corrected chi connectivity index (χ0v) is 13.5. The van der Waals surface area contributed by atoms with Crippen LogP contribution < -0.4 is 4.74 Å². The van der Waals surface area contributed by atoms with Crippen molar-refractivity contribution in [2.24, 2.45) is 0 Å². The summed E-state index contributed by atoms with van der Waals surface area (Å²) in [5.41, 5.74) is 0. The van der Waals surface area contributed by atoms with Crippen LogP contribution in [0, 0.1) is 0 Å². The molecule has 0 aliphatic heterocycles. The highest BCUT2D eigenvalue weighted by molar-refractivity contribution is 6.49. The van der Waals surface area contributed by atoms with Gasteiger partial charge in [0.1, 0.15) is 21.5 Å². The Morgan fingerprint density at radius 2 is 0.895 bits per heavy atom. The van der Waals surface area contributed by atoms with Crippen molar-refractivity contribution in [3.8, 4) is 11.5 Å². The van der Waals surface area contributed by atoms with Gasteiger partial charge in [-0.05, 0) is 24.3 Å².